The van der Waals surface area contributed by atoms with Crippen LogP contribution in [0.25, 0.3) is 0 Å². The van der Waals surface area contributed by atoms with Crippen LogP contribution >= 0.6 is 0 Å². The Morgan fingerprint density at radius 2 is 2.07 bits per heavy atom. The molecule has 0 fully saturated rings. The Morgan fingerprint density at radius 1 is 1.47 bits per heavy atom. The third-order valence-electron chi connectivity index (χ3n) is 1.72. The van der Waals surface area contributed by atoms with Crippen molar-refractivity contribution in [1.82, 2.24) is 0 Å². The summed E-state index contributed by atoms with van der Waals surface area (Å²) in [7, 11) is 0. The summed E-state index contributed by atoms with van der Waals surface area (Å²) in [5.74, 6) is -1.74. The summed E-state index contributed by atoms with van der Waals surface area (Å²) < 4.78 is 4.74. The number of aliphatic carboxylic acids is 1. The number of carbonyl (C=O) groups is 2. The summed E-state index contributed by atoms with van der Waals surface area (Å²) in [6.07, 6.45) is 0.646. The molecule has 1 atom stereocenters. The fraction of sp³-hybridized carbons (Fsp3) is 0.400. The maximum atomic E-state index is 10.8. The zero-order chi connectivity index (χ0) is 11.8. The van der Waals surface area contributed by atoms with Gasteiger partial charge in [0.05, 0.1) is 6.61 Å². The SMILES string of the molecule is C=CC(=O)OC(CO)CCC(=C)C(=O)O. The lowest BCUT2D eigenvalue weighted by molar-refractivity contribution is -0.145. The van der Waals surface area contributed by atoms with Gasteiger partial charge in [0, 0.05) is 11.6 Å². The second-order valence-corrected chi connectivity index (χ2v) is 2.89. The van der Waals surface area contributed by atoms with Gasteiger partial charge in [-0.05, 0) is 12.8 Å². The normalized spacial score (nSPS) is 11.5. The molecule has 1 unspecified atom stereocenters. The highest BCUT2D eigenvalue weighted by molar-refractivity contribution is 5.85. The Hall–Kier alpha value is -1.62. The number of ether oxygens (including phenoxy) is 1. The molecule has 0 amide bonds. The largest absolute Gasteiger partial charge is 0.478 e. The van der Waals surface area contributed by atoms with Crippen molar-refractivity contribution < 1.29 is 24.5 Å². The number of aliphatic hydroxyl groups excluding tert-OH is 1. The Bertz CT molecular complexity index is 269. The van der Waals surface area contributed by atoms with Gasteiger partial charge in [-0.25, -0.2) is 9.59 Å². The summed E-state index contributed by atoms with van der Waals surface area (Å²) in [4.78, 5) is 21.2. The van der Waals surface area contributed by atoms with E-state index in [-0.39, 0.29) is 25.0 Å². The maximum Gasteiger partial charge on any atom is 0.330 e. The fourth-order valence-electron chi connectivity index (χ4n) is 0.842. The van der Waals surface area contributed by atoms with E-state index >= 15 is 0 Å². The predicted octanol–water partition coefficient (Wildman–Crippen LogP) is 0.497. The minimum absolute atomic E-state index is 0.0168. The molecule has 0 bridgehead atoms. The van der Waals surface area contributed by atoms with Gasteiger partial charge in [0.25, 0.3) is 0 Å². The van der Waals surface area contributed by atoms with E-state index in [1.165, 1.54) is 0 Å². The minimum Gasteiger partial charge on any atom is -0.478 e. The first kappa shape index (κ1) is 13.4. The average Bonchev–Trinajstić information content (AvgIpc) is 2.22. The quantitative estimate of drug-likeness (QED) is 0.476. The lowest BCUT2D eigenvalue weighted by Gasteiger charge is -2.13. The van der Waals surface area contributed by atoms with E-state index in [2.05, 4.69) is 13.2 Å². The van der Waals surface area contributed by atoms with Crippen LogP contribution in [0.15, 0.2) is 24.8 Å². The van der Waals surface area contributed by atoms with Crippen molar-refractivity contribution in [2.24, 2.45) is 0 Å². The molecule has 15 heavy (non-hydrogen) atoms. The molecular weight excluding hydrogens is 200 g/mol. The zero-order valence-corrected chi connectivity index (χ0v) is 8.31. The first-order chi connectivity index (χ1) is 7.01. The smallest absolute Gasteiger partial charge is 0.330 e. The Morgan fingerprint density at radius 3 is 2.47 bits per heavy atom. The van der Waals surface area contributed by atoms with Gasteiger partial charge in [0.15, 0.2) is 0 Å². The van der Waals surface area contributed by atoms with Crippen LogP contribution in [0, 0.1) is 0 Å². The van der Waals surface area contributed by atoms with Crippen LogP contribution < -0.4 is 0 Å². The van der Waals surface area contributed by atoms with Crippen LogP contribution in [0.2, 0.25) is 0 Å². The molecule has 2 N–H and O–H groups in total. The molecule has 0 aromatic heterocycles. The number of hydrogen-bond acceptors (Lipinski definition) is 4. The highest BCUT2D eigenvalue weighted by Gasteiger charge is 2.13. The standard InChI is InChI=1S/C10H14O5/c1-3-9(12)15-8(6-11)5-4-7(2)10(13)14/h3,8,11H,1-2,4-6H2,(H,13,14). The monoisotopic (exact) mass is 214 g/mol. The maximum absolute atomic E-state index is 10.8. The molecule has 5 nitrogen and oxygen atoms in total. The van der Waals surface area contributed by atoms with Gasteiger partial charge in [-0.3, -0.25) is 0 Å². The van der Waals surface area contributed by atoms with Crippen LogP contribution in [0.5, 0.6) is 0 Å². The summed E-state index contributed by atoms with van der Waals surface area (Å²) in [5, 5.41) is 17.3. The third-order valence-corrected chi connectivity index (χ3v) is 1.72. The molecule has 5 heteroatoms. The molecule has 0 spiro atoms. The van der Waals surface area contributed by atoms with Gasteiger partial charge < -0.3 is 14.9 Å². The number of carbonyl (C=O) groups excluding carboxylic acids is 1. The van der Waals surface area contributed by atoms with Gasteiger partial charge in [-0.2, -0.15) is 0 Å². The number of aliphatic hydroxyl groups is 1. The van der Waals surface area contributed by atoms with Crippen molar-refractivity contribution in [1.29, 1.82) is 0 Å². The van der Waals surface area contributed by atoms with Crippen molar-refractivity contribution in [2.75, 3.05) is 6.61 Å². The van der Waals surface area contributed by atoms with Crippen LogP contribution in [0.4, 0.5) is 0 Å². The average molecular weight is 214 g/mol. The number of carboxylic acids is 1. The zero-order valence-electron chi connectivity index (χ0n) is 8.31. The first-order valence-corrected chi connectivity index (χ1v) is 4.36. The summed E-state index contributed by atoms with van der Waals surface area (Å²) in [6, 6.07) is 0. The molecular formula is C10H14O5. The van der Waals surface area contributed by atoms with E-state index in [1.54, 1.807) is 0 Å². The molecule has 0 aliphatic heterocycles. The fourth-order valence-corrected chi connectivity index (χ4v) is 0.842. The molecule has 0 aromatic carbocycles. The minimum atomic E-state index is -1.10. The molecule has 0 saturated heterocycles. The summed E-state index contributed by atoms with van der Waals surface area (Å²) in [6.45, 7) is 6.17. The molecule has 0 heterocycles. The molecule has 0 rings (SSSR count). The molecule has 0 saturated carbocycles. The molecule has 0 radical (unpaired) electrons. The van der Waals surface area contributed by atoms with E-state index < -0.39 is 18.0 Å². The van der Waals surface area contributed by atoms with E-state index in [9.17, 15) is 9.59 Å². The first-order valence-electron chi connectivity index (χ1n) is 4.36. The lowest BCUT2D eigenvalue weighted by Crippen LogP contribution is -2.21. The molecule has 84 valence electrons. The Kier molecular flexibility index (Phi) is 6.05. The van der Waals surface area contributed by atoms with Crippen molar-refractivity contribution in [3.05, 3.63) is 24.8 Å². The van der Waals surface area contributed by atoms with E-state index in [4.69, 9.17) is 14.9 Å². The lowest BCUT2D eigenvalue weighted by atomic mass is 10.1. The summed E-state index contributed by atoms with van der Waals surface area (Å²) in [5.41, 5.74) is 0.0168. The number of esters is 1. The predicted molar refractivity (Wildman–Crippen MR) is 53.2 cm³/mol. The molecule has 0 aliphatic rings. The van der Waals surface area contributed by atoms with Crippen molar-refractivity contribution in [3.8, 4) is 0 Å². The third kappa shape index (κ3) is 5.64. The van der Waals surface area contributed by atoms with Crippen LogP contribution in [0.3, 0.4) is 0 Å². The highest BCUT2D eigenvalue weighted by Crippen LogP contribution is 2.08. The van der Waals surface area contributed by atoms with Gasteiger partial charge >= 0.3 is 11.9 Å². The van der Waals surface area contributed by atoms with Gasteiger partial charge in [0.1, 0.15) is 6.10 Å². The number of rotatable bonds is 7. The van der Waals surface area contributed by atoms with E-state index in [0.29, 0.717) is 0 Å². The summed E-state index contributed by atoms with van der Waals surface area (Å²) >= 11 is 0. The Labute approximate surface area is 87.7 Å². The highest BCUT2D eigenvalue weighted by atomic mass is 16.5. The van der Waals surface area contributed by atoms with Crippen LogP contribution in [0.1, 0.15) is 12.8 Å². The molecule has 0 aliphatic carbocycles. The Balaban J connectivity index is 4.00. The van der Waals surface area contributed by atoms with Crippen molar-refractivity contribution in [2.45, 2.75) is 18.9 Å². The second-order valence-electron chi connectivity index (χ2n) is 2.89. The van der Waals surface area contributed by atoms with Crippen molar-refractivity contribution >= 4 is 11.9 Å². The van der Waals surface area contributed by atoms with Crippen molar-refractivity contribution in [3.63, 3.8) is 0 Å². The van der Waals surface area contributed by atoms with E-state index in [1.807, 2.05) is 0 Å². The number of hydrogen-bond donors (Lipinski definition) is 2. The topological polar surface area (TPSA) is 83.8 Å². The van der Waals surface area contributed by atoms with E-state index in [0.717, 1.165) is 6.08 Å². The van der Waals surface area contributed by atoms with Crippen LogP contribution in [-0.2, 0) is 14.3 Å². The van der Waals surface area contributed by atoms with Gasteiger partial charge in [-0.1, -0.05) is 13.2 Å². The molecule has 0 aromatic rings. The van der Waals surface area contributed by atoms with Gasteiger partial charge in [-0.15, -0.1) is 0 Å². The number of carboxylic acid groups (broad SMARTS) is 1. The van der Waals surface area contributed by atoms with Gasteiger partial charge in [0.2, 0.25) is 0 Å². The van der Waals surface area contributed by atoms with Crippen LogP contribution in [-0.4, -0.2) is 34.9 Å². The second kappa shape index (κ2) is 6.78.